The molecule has 1 aliphatic heterocycles. The minimum Gasteiger partial charge on any atom is -0.337 e. The van der Waals surface area contributed by atoms with Crippen LogP contribution in [0, 0.1) is 11.8 Å². The molecule has 0 aromatic heterocycles. The van der Waals surface area contributed by atoms with Crippen LogP contribution in [0.15, 0.2) is 72.8 Å². The van der Waals surface area contributed by atoms with Crippen molar-refractivity contribution in [1.82, 2.24) is 0 Å². The van der Waals surface area contributed by atoms with Gasteiger partial charge < -0.3 is 9.47 Å². The van der Waals surface area contributed by atoms with Gasteiger partial charge in [0, 0.05) is 5.92 Å². The number of hydrogen-bond acceptors (Lipinski definition) is 2. The van der Waals surface area contributed by atoms with E-state index in [-0.39, 0.29) is 23.5 Å². The first-order chi connectivity index (χ1) is 11.8. The zero-order valence-corrected chi connectivity index (χ0v) is 14.0. The Labute approximate surface area is 147 Å². The number of benzene rings is 2. The quantitative estimate of drug-likeness (QED) is 0.565. The number of allylic oxidation sites excluding steroid dienone is 1. The summed E-state index contributed by atoms with van der Waals surface area (Å²) >= 11 is 6.78. The van der Waals surface area contributed by atoms with Gasteiger partial charge in [-0.25, -0.2) is 0 Å². The number of fused-ring (bicyclic) bond motifs is 3. The zero-order chi connectivity index (χ0) is 16.1. The molecule has 0 N–H and O–H groups in total. The number of halogens is 1. The maximum absolute atomic E-state index is 6.78. The Kier molecular flexibility index (Phi) is 3.34. The van der Waals surface area contributed by atoms with Crippen LogP contribution >= 0.6 is 11.6 Å². The van der Waals surface area contributed by atoms with Gasteiger partial charge in [0.25, 0.3) is 0 Å². The van der Waals surface area contributed by atoms with Crippen molar-refractivity contribution < 1.29 is 9.47 Å². The normalized spacial score (nSPS) is 35.8. The monoisotopic (exact) mass is 338 g/mol. The highest BCUT2D eigenvalue weighted by molar-refractivity contribution is 6.22. The van der Waals surface area contributed by atoms with Gasteiger partial charge in [-0.3, -0.25) is 0 Å². The first-order valence-corrected chi connectivity index (χ1v) is 8.99. The van der Waals surface area contributed by atoms with Crippen molar-refractivity contribution in [2.45, 2.75) is 29.8 Å². The standard InChI is InChI=1S/C21H19ClO2/c22-20-16-11-12-17(13-16)21(20)23-18(14-7-3-1-4-8-14)19(24-21)15-9-5-2-6-10-15/h1-12,16-20H,13H2/t16-,17+,18-,19-,20-/m1/s1. The first-order valence-electron chi connectivity index (χ1n) is 8.56. The van der Waals surface area contributed by atoms with Gasteiger partial charge in [0.1, 0.15) is 12.2 Å². The Morgan fingerprint density at radius 2 is 1.33 bits per heavy atom. The van der Waals surface area contributed by atoms with Gasteiger partial charge in [0.05, 0.1) is 5.38 Å². The van der Waals surface area contributed by atoms with E-state index in [0.717, 1.165) is 17.5 Å². The van der Waals surface area contributed by atoms with Gasteiger partial charge in [-0.2, -0.15) is 0 Å². The van der Waals surface area contributed by atoms with E-state index in [1.165, 1.54) is 0 Å². The lowest BCUT2D eigenvalue weighted by Crippen LogP contribution is -2.44. The van der Waals surface area contributed by atoms with Gasteiger partial charge in [0.2, 0.25) is 0 Å². The topological polar surface area (TPSA) is 18.5 Å². The molecule has 0 unspecified atom stereocenters. The molecule has 1 saturated carbocycles. The van der Waals surface area contributed by atoms with Crippen LogP contribution in [0.4, 0.5) is 0 Å². The summed E-state index contributed by atoms with van der Waals surface area (Å²) in [6, 6.07) is 20.7. The van der Waals surface area contributed by atoms with Crippen molar-refractivity contribution in [3.8, 4) is 0 Å². The van der Waals surface area contributed by atoms with Crippen LogP contribution in [-0.4, -0.2) is 11.2 Å². The Balaban J connectivity index is 1.58. The summed E-state index contributed by atoms with van der Waals surface area (Å²) in [4.78, 5) is 0. The van der Waals surface area contributed by atoms with Gasteiger partial charge >= 0.3 is 0 Å². The van der Waals surface area contributed by atoms with Crippen molar-refractivity contribution in [1.29, 1.82) is 0 Å². The number of hydrogen-bond donors (Lipinski definition) is 0. The molecule has 2 aromatic rings. The molecule has 2 nitrogen and oxygen atoms in total. The van der Waals surface area contributed by atoms with Crippen molar-refractivity contribution in [2.24, 2.45) is 11.8 Å². The van der Waals surface area contributed by atoms with E-state index in [4.69, 9.17) is 21.1 Å². The lowest BCUT2D eigenvalue weighted by Gasteiger charge is -2.33. The smallest absolute Gasteiger partial charge is 0.193 e. The number of alkyl halides is 1. The highest BCUT2D eigenvalue weighted by Crippen LogP contribution is 2.60. The van der Waals surface area contributed by atoms with Crippen LogP contribution in [0.2, 0.25) is 0 Å². The molecule has 5 atom stereocenters. The molecule has 0 amide bonds. The van der Waals surface area contributed by atoms with E-state index >= 15 is 0 Å². The number of rotatable bonds is 2. The van der Waals surface area contributed by atoms with Crippen molar-refractivity contribution in [2.75, 3.05) is 0 Å². The van der Waals surface area contributed by atoms with E-state index in [1.54, 1.807) is 0 Å². The van der Waals surface area contributed by atoms with Crippen molar-refractivity contribution in [3.05, 3.63) is 83.9 Å². The summed E-state index contributed by atoms with van der Waals surface area (Å²) in [5, 5.41) is -0.132. The van der Waals surface area contributed by atoms with Crippen LogP contribution in [0.25, 0.3) is 0 Å². The van der Waals surface area contributed by atoms with Crippen LogP contribution in [0.5, 0.6) is 0 Å². The summed E-state index contributed by atoms with van der Waals surface area (Å²) in [5.41, 5.74) is 2.28. The van der Waals surface area contributed by atoms with Crippen molar-refractivity contribution in [3.63, 3.8) is 0 Å². The molecule has 24 heavy (non-hydrogen) atoms. The summed E-state index contributed by atoms with van der Waals surface area (Å²) < 4.78 is 13.2. The Bertz CT molecular complexity index is 710. The predicted octanol–water partition coefficient (Wildman–Crippen LogP) is 5.03. The maximum atomic E-state index is 6.78. The predicted molar refractivity (Wildman–Crippen MR) is 93.6 cm³/mol. The molecule has 122 valence electrons. The van der Waals surface area contributed by atoms with E-state index in [1.807, 2.05) is 36.4 Å². The zero-order valence-electron chi connectivity index (χ0n) is 13.2. The van der Waals surface area contributed by atoms with Crippen LogP contribution in [0.3, 0.4) is 0 Å². The van der Waals surface area contributed by atoms with E-state index in [9.17, 15) is 0 Å². The summed E-state index contributed by atoms with van der Waals surface area (Å²) in [5.74, 6) is -0.116. The third-order valence-corrected chi connectivity index (χ3v) is 6.18. The summed E-state index contributed by atoms with van der Waals surface area (Å²) in [6.45, 7) is 0. The molecule has 1 saturated heterocycles. The fraction of sp³-hybridized carbons (Fsp3) is 0.333. The second-order valence-corrected chi connectivity index (χ2v) is 7.38. The lowest BCUT2D eigenvalue weighted by molar-refractivity contribution is -0.189. The van der Waals surface area contributed by atoms with Gasteiger partial charge in [-0.15, -0.1) is 11.6 Å². The largest absolute Gasteiger partial charge is 0.337 e. The van der Waals surface area contributed by atoms with Crippen molar-refractivity contribution >= 4 is 11.6 Å². The molecule has 0 radical (unpaired) electrons. The minimum absolute atomic E-state index is 0.132. The Morgan fingerprint density at radius 3 is 1.79 bits per heavy atom. The fourth-order valence-electron chi connectivity index (χ4n) is 4.37. The summed E-state index contributed by atoms with van der Waals surface area (Å²) in [7, 11) is 0. The second kappa shape index (κ2) is 5.45. The van der Waals surface area contributed by atoms with Gasteiger partial charge in [-0.1, -0.05) is 72.8 Å². The lowest BCUT2D eigenvalue weighted by atomic mass is 9.99. The molecule has 3 heteroatoms. The average Bonchev–Trinajstić information content (AvgIpc) is 3.33. The summed E-state index contributed by atoms with van der Waals surface area (Å²) in [6.07, 6.45) is 5.19. The third-order valence-electron chi connectivity index (χ3n) is 5.55. The number of ether oxygens (including phenoxy) is 2. The molecule has 2 bridgehead atoms. The Morgan fingerprint density at radius 1 is 0.792 bits per heavy atom. The molecule has 1 heterocycles. The van der Waals surface area contributed by atoms with Crippen LogP contribution in [-0.2, 0) is 9.47 Å². The molecule has 2 aromatic carbocycles. The molecule has 2 aliphatic carbocycles. The highest BCUT2D eigenvalue weighted by atomic mass is 35.5. The van der Waals surface area contributed by atoms with Gasteiger partial charge in [0.15, 0.2) is 5.79 Å². The fourth-order valence-corrected chi connectivity index (χ4v) is 4.82. The van der Waals surface area contributed by atoms with Crippen LogP contribution in [0.1, 0.15) is 29.8 Å². The van der Waals surface area contributed by atoms with E-state index in [2.05, 4.69) is 36.4 Å². The first kappa shape index (κ1) is 14.7. The van der Waals surface area contributed by atoms with E-state index in [0.29, 0.717) is 5.92 Å². The second-order valence-electron chi connectivity index (χ2n) is 6.91. The van der Waals surface area contributed by atoms with E-state index < -0.39 is 5.79 Å². The van der Waals surface area contributed by atoms with Crippen LogP contribution < -0.4 is 0 Å². The van der Waals surface area contributed by atoms with Gasteiger partial charge in [-0.05, 0) is 23.5 Å². The molecule has 3 aliphatic rings. The molecule has 1 spiro atoms. The molecule has 5 rings (SSSR count). The highest BCUT2D eigenvalue weighted by Gasteiger charge is 2.64. The Hall–Kier alpha value is -1.61. The average molecular weight is 339 g/mol. The molecular formula is C21H19ClO2. The molecule has 2 fully saturated rings. The minimum atomic E-state index is -0.706. The maximum Gasteiger partial charge on any atom is 0.193 e. The third kappa shape index (κ3) is 2.03. The SMILES string of the molecule is Cl[C@@H]1[C@@H]2C=C[C@@H](C2)C12O[C@H](c1ccccc1)[C@@H](c1ccccc1)O2. The molecular weight excluding hydrogens is 320 g/mol.